The molecule has 4 rings (SSSR count). The molecular weight excluding hydrogens is 392 g/mol. The highest BCUT2D eigenvalue weighted by molar-refractivity contribution is 8.16. The molecule has 5 nitrogen and oxygen atoms in total. The molecule has 134 valence electrons. The number of halogens is 1. The summed E-state index contributed by atoms with van der Waals surface area (Å²) >= 11 is 7.46. The van der Waals surface area contributed by atoms with E-state index in [1.165, 1.54) is 11.8 Å². The van der Waals surface area contributed by atoms with E-state index >= 15 is 0 Å². The molecule has 0 aromatic heterocycles. The molecule has 0 radical (unpaired) electrons. The summed E-state index contributed by atoms with van der Waals surface area (Å²) in [6, 6.07) is 15.7. The molecule has 0 N–H and O–H groups in total. The van der Waals surface area contributed by atoms with E-state index in [1.807, 2.05) is 17.0 Å². The number of hydrogen-bond acceptors (Lipinski definition) is 4. The normalized spacial score (nSPS) is 25.4. The molecule has 0 bridgehead atoms. The van der Waals surface area contributed by atoms with E-state index in [1.54, 1.807) is 42.5 Å². The van der Waals surface area contributed by atoms with Crippen LogP contribution in [0.3, 0.4) is 0 Å². The molecular formula is C18H15ClN2O3S2. The van der Waals surface area contributed by atoms with Gasteiger partial charge in [-0.3, -0.25) is 4.79 Å². The Morgan fingerprint density at radius 1 is 1.12 bits per heavy atom. The summed E-state index contributed by atoms with van der Waals surface area (Å²) in [4.78, 5) is 18.7. The highest BCUT2D eigenvalue weighted by Crippen LogP contribution is 2.41. The smallest absolute Gasteiger partial charge is 0.279 e. The van der Waals surface area contributed by atoms with E-state index < -0.39 is 9.84 Å². The summed E-state index contributed by atoms with van der Waals surface area (Å²) in [7, 11) is -3.10. The molecule has 2 heterocycles. The lowest BCUT2D eigenvalue weighted by Crippen LogP contribution is -2.37. The second kappa shape index (κ2) is 6.72. The maximum absolute atomic E-state index is 12.5. The monoisotopic (exact) mass is 406 g/mol. The molecule has 2 unspecified atom stereocenters. The molecule has 0 aliphatic carbocycles. The van der Waals surface area contributed by atoms with Crippen molar-refractivity contribution in [3.63, 3.8) is 0 Å². The van der Waals surface area contributed by atoms with Crippen LogP contribution in [0.15, 0.2) is 59.6 Å². The topological polar surface area (TPSA) is 66.8 Å². The van der Waals surface area contributed by atoms with Gasteiger partial charge in [0.15, 0.2) is 15.0 Å². The van der Waals surface area contributed by atoms with E-state index in [-0.39, 0.29) is 28.7 Å². The number of fused-ring (bicyclic) bond motifs is 1. The molecule has 2 aliphatic rings. The van der Waals surface area contributed by atoms with E-state index in [4.69, 9.17) is 11.6 Å². The molecule has 2 aliphatic heterocycles. The molecule has 2 saturated heterocycles. The van der Waals surface area contributed by atoms with Gasteiger partial charge in [-0.25, -0.2) is 8.42 Å². The lowest BCUT2D eigenvalue weighted by atomic mass is 10.2. The van der Waals surface area contributed by atoms with Crippen molar-refractivity contribution < 1.29 is 13.2 Å². The molecule has 1 amide bonds. The number of nitrogens with zero attached hydrogens (tertiary/aromatic N) is 2. The van der Waals surface area contributed by atoms with Crippen LogP contribution in [0, 0.1) is 0 Å². The van der Waals surface area contributed by atoms with Gasteiger partial charge in [-0.15, -0.1) is 0 Å². The maximum Gasteiger partial charge on any atom is 0.279 e. The minimum atomic E-state index is -3.10. The number of anilines is 1. The van der Waals surface area contributed by atoms with Crippen LogP contribution < -0.4 is 4.90 Å². The van der Waals surface area contributed by atoms with Crippen molar-refractivity contribution in [3.05, 3.63) is 65.2 Å². The number of sulfone groups is 1. The van der Waals surface area contributed by atoms with Gasteiger partial charge in [-0.2, -0.15) is 4.99 Å². The van der Waals surface area contributed by atoms with Crippen molar-refractivity contribution in [1.82, 2.24) is 0 Å². The third-order valence-electron chi connectivity index (χ3n) is 4.37. The third kappa shape index (κ3) is 3.39. The van der Waals surface area contributed by atoms with Crippen molar-refractivity contribution >= 4 is 50.0 Å². The van der Waals surface area contributed by atoms with E-state index in [0.717, 1.165) is 5.69 Å². The fourth-order valence-corrected chi connectivity index (χ4v) is 7.32. The number of rotatable bonds is 2. The SMILES string of the molecule is O=C(N=C1SC2CS(=O)(=O)CC2N1c1cccc(Cl)c1)c1ccccc1. The zero-order valence-corrected chi connectivity index (χ0v) is 16.0. The van der Waals surface area contributed by atoms with Gasteiger partial charge in [0.05, 0.1) is 17.5 Å². The van der Waals surface area contributed by atoms with Crippen LogP contribution in [0.5, 0.6) is 0 Å². The molecule has 8 heteroatoms. The average molecular weight is 407 g/mol. The Hall–Kier alpha value is -1.83. The minimum absolute atomic E-state index is 0.0513. The predicted octanol–water partition coefficient (Wildman–Crippen LogP) is 3.26. The number of amides is 1. The summed E-state index contributed by atoms with van der Waals surface area (Å²) < 4.78 is 24.1. The van der Waals surface area contributed by atoms with E-state index in [9.17, 15) is 13.2 Å². The number of amidine groups is 1. The molecule has 0 spiro atoms. The Morgan fingerprint density at radius 3 is 2.62 bits per heavy atom. The summed E-state index contributed by atoms with van der Waals surface area (Å²) in [6.07, 6.45) is 0. The number of benzene rings is 2. The number of carbonyl (C=O) groups excluding carboxylic acids is 1. The molecule has 2 fully saturated rings. The zero-order valence-electron chi connectivity index (χ0n) is 13.6. The van der Waals surface area contributed by atoms with Crippen LogP contribution in [0.4, 0.5) is 5.69 Å². The molecule has 2 atom stereocenters. The second-order valence-corrected chi connectivity index (χ2v) is 10.0. The van der Waals surface area contributed by atoms with Crippen LogP contribution in [0.2, 0.25) is 5.02 Å². The van der Waals surface area contributed by atoms with Crippen molar-refractivity contribution in [3.8, 4) is 0 Å². The highest BCUT2D eigenvalue weighted by atomic mass is 35.5. The highest BCUT2D eigenvalue weighted by Gasteiger charge is 2.49. The summed E-state index contributed by atoms with van der Waals surface area (Å²) in [5.41, 5.74) is 1.24. The lowest BCUT2D eigenvalue weighted by Gasteiger charge is -2.24. The van der Waals surface area contributed by atoms with Gasteiger partial charge < -0.3 is 4.90 Å². The molecule has 2 aromatic rings. The number of carbonyl (C=O) groups is 1. The molecule has 0 saturated carbocycles. The Labute approximate surface area is 161 Å². The van der Waals surface area contributed by atoms with Crippen molar-refractivity contribution in [1.29, 1.82) is 0 Å². The first-order chi connectivity index (χ1) is 12.4. The standard InChI is InChI=1S/C18H15ClN2O3S2/c19-13-7-4-8-14(9-13)21-15-10-26(23,24)11-16(15)25-18(21)20-17(22)12-5-2-1-3-6-12/h1-9,15-16H,10-11H2. The Morgan fingerprint density at radius 2 is 1.88 bits per heavy atom. The van der Waals surface area contributed by atoms with E-state index in [2.05, 4.69) is 4.99 Å². The Balaban J connectivity index is 1.74. The van der Waals surface area contributed by atoms with Gasteiger partial charge in [0.1, 0.15) is 0 Å². The van der Waals surface area contributed by atoms with Crippen LogP contribution in [-0.4, -0.2) is 42.3 Å². The van der Waals surface area contributed by atoms with Crippen LogP contribution >= 0.6 is 23.4 Å². The molecule has 2 aromatic carbocycles. The average Bonchev–Trinajstić information content (AvgIpc) is 3.06. The minimum Gasteiger partial charge on any atom is -0.316 e. The second-order valence-electron chi connectivity index (χ2n) is 6.22. The van der Waals surface area contributed by atoms with Gasteiger partial charge in [-0.1, -0.05) is 47.6 Å². The van der Waals surface area contributed by atoms with Crippen molar-refractivity contribution in [2.24, 2.45) is 4.99 Å². The fraction of sp³-hybridized carbons (Fsp3) is 0.222. The van der Waals surface area contributed by atoms with Gasteiger partial charge >= 0.3 is 0 Å². The number of hydrogen-bond donors (Lipinski definition) is 0. The predicted molar refractivity (Wildman–Crippen MR) is 106 cm³/mol. The molecule has 26 heavy (non-hydrogen) atoms. The van der Waals surface area contributed by atoms with Crippen LogP contribution in [-0.2, 0) is 9.84 Å². The van der Waals surface area contributed by atoms with Crippen LogP contribution in [0.25, 0.3) is 0 Å². The summed E-state index contributed by atoms with van der Waals surface area (Å²) in [6.45, 7) is 0. The van der Waals surface area contributed by atoms with Gasteiger partial charge in [0, 0.05) is 21.5 Å². The lowest BCUT2D eigenvalue weighted by molar-refractivity contribution is 0.100. The first-order valence-electron chi connectivity index (χ1n) is 8.03. The number of thioether (sulfide) groups is 1. The first-order valence-corrected chi connectivity index (χ1v) is 11.1. The quantitative estimate of drug-likeness (QED) is 0.765. The fourth-order valence-electron chi connectivity index (χ4n) is 3.22. The van der Waals surface area contributed by atoms with Gasteiger partial charge in [-0.05, 0) is 30.3 Å². The van der Waals surface area contributed by atoms with Crippen molar-refractivity contribution in [2.75, 3.05) is 16.4 Å². The van der Waals surface area contributed by atoms with Gasteiger partial charge in [0.2, 0.25) is 0 Å². The largest absolute Gasteiger partial charge is 0.316 e. The number of aliphatic imine (C=N–C) groups is 1. The van der Waals surface area contributed by atoms with Gasteiger partial charge in [0.25, 0.3) is 5.91 Å². The Bertz CT molecular complexity index is 993. The van der Waals surface area contributed by atoms with E-state index in [0.29, 0.717) is 15.8 Å². The first kappa shape index (κ1) is 17.6. The van der Waals surface area contributed by atoms with Crippen LogP contribution in [0.1, 0.15) is 10.4 Å². The third-order valence-corrected chi connectivity index (χ3v) is 7.82. The zero-order chi connectivity index (χ0) is 18.3. The summed E-state index contributed by atoms with van der Waals surface area (Å²) in [5.74, 6) is -0.198. The maximum atomic E-state index is 12.5. The summed E-state index contributed by atoms with van der Waals surface area (Å²) in [5, 5.41) is 0.929. The van der Waals surface area contributed by atoms with Crippen molar-refractivity contribution in [2.45, 2.75) is 11.3 Å². The Kier molecular flexibility index (Phi) is 4.54.